The lowest BCUT2D eigenvalue weighted by Gasteiger charge is -2.36. The maximum Gasteiger partial charge on any atom is 0.270 e. The van der Waals surface area contributed by atoms with Crippen LogP contribution in [0.3, 0.4) is 0 Å². The number of carbonyl (C=O) groups is 2. The Kier molecular flexibility index (Phi) is 5.53. The predicted molar refractivity (Wildman–Crippen MR) is 97.6 cm³/mol. The van der Waals surface area contributed by atoms with E-state index in [0.717, 1.165) is 4.88 Å². The summed E-state index contributed by atoms with van der Waals surface area (Å²) in [7, 11) is 1.53. The van der Waals surface area contributed by atoms with Gasteiger partial charge in [-0.15, -0.1) is 11.3 Å². The lowest BCUT2D eigenvalue weighted by Crippen LogP contribution is -2.55. The van der Waals surface area contributed by atoms with Gasteiger partial charge in [0.1, 0.15) is 16.3 Å². The zero-order valence-electron chi connectivity index (χ0n) is 14.6. The van der Waals surface area contributed by atoms with Crippen molar-refractivity contribution in [1.82, 2.24) is 15.2 Å². The molecule has 0 aliphatic carbocycles. The normalized spacial score (nSPS) is 19.9. The van der Waals surface area contributed by atoms with Crippen LogP contribution in [0.4, 0.5) is 0 Å². The molecule has 7 nitrogen and oxygen atoms in total. The molecule has 2 aromatic rings. The van der Waals surface area contributed by atoms with Gasteiger partial charge in [-0.25, -0.2) is 0 Å². The van der Waals surface area contributed by atoms with Gasteiger partial charge >= 0.3 is 0 Å². The molecule has 0 spiro atoms. The molecule has 1 saturated heterocycles. The number of β-amino-alcohol motifs (C(OH)–C–C–N with tert-alkyl or cyclic N) is 1. The summed E-state index contributed by atoms with van der Waals surface area (Å²) in [5, 5.41) is 13.2. The van der Waals surface area contributed by atoms with Crippen molar-refractivity contribution in [3.8, 4) is 5.75 Å². The minimum Gasteiger partial charge on any atom is -0.495 e. The molecular weight excluding hydrogens is 354 g/mol. The van der Waals surface area contributed by atoms with Gasteiger partial charge < -0.3 is 20.1 Å². The summed E-state index contributed by atoms with van der Waals surface area (Å²) in [5.41, 5.74) is 0.303. The average molecular weight is 375 g/mol. The summed E-state index contributed by atoms with van der Waals surface area (Å²) in [4.78, 5) is 32.1. The Morgan fingerprint density at radius 2 is 2.23 bits per heavy atom. The summed E-state index contributed by atoms with van der Waals surface area (Å²) in [6.07, 6.45) is 1.17. The van der Waals surface area contributed by atoms with E-state index in [-0.39, 0.29) is 18.4 Å². The highest BCUT2D eigenvalue weighted by Crippen LogP contribution is 2.30. The SMILES string of the molecule is COc1cc(C)sc1C(=O)N1CC[C@@H](NC(=O)c2ccccn2)[C@H](O)C1. The molecule has 0 radical (unpaired) electrons. The van der Waals surface area contributed by atoms with Gasteiger partial charge in [0.2, 0.25) is 0 Å². The van der Waals surface area contributed by atoms with E-state index in [2.05, 4.69) is 10.3 Å². The van der Waals surface area contributed by atoms with Crippen LogP contribution in [0.15, 0.2) is 30.5 Å². The van der Waals surface area contributed by atoms with Crippen molar-refractivity contribution < 1.29 is 19.4 Å². The number of carbonyl (C=O) groups excluding carboxylic acids is 2. The maximum absolute atomic E-state index is 12.7. The molecule has 3 rings (SSSR count). The molecule has 1 aliphatic heterocycles. The topological polar surface area (TPSA) is 91.8 Å². The molecular formula is C18H21N3O4S. The van der Waals surface area contributed by atoms with Crippen LogP contribution in [0.2, 0.25) is 0 Å². The number of hydrogen-bond donors (Lipinski definition) is 2. The fraction of sp³-hybridized carbons (Fsp3) is 0.389. The van der Waals surface area contributed by atoms with Crippen molar-refractivity contribution in [2.75, 3.05) is 20.2 Å². The third-order valence-corrected chi connectivity index (χ3v) is 5.34. The molecule has 0 bridgehead atoms. The van der Waals surface area contributed by atoms with E-state index < -0.39 is 12.1 Å². The number of thiophene rings is 1. The van der Waals surface area contributed by atoms with Gasteiger partial charge in [0.15, 0.2) is 0 Å². The van der Waals surface area contributed by atoms with E-state index in [4.69, 9.17) is 4.74 Å². The van der Waals surface area contributed by atoms with Crippen LogP contribution in [0, 0.1) is 6.92 Å². The molecule has 0 saturated carbocycles. The standard InChI is InChI=1S/C18H21N3O4S/c1-11-9-15(25-2)16(26-11)18(24)21-8-6-12(14(22)10-21)20-17(23)13-5-3-4-7-19-13/h3-5,7,9,12,14,22H,6,8,10H2,1-2H3,(H,20,23)/t12-,14-/m1/s1. The van der Waals surface area contributed by atoms with Crippen molar-refractivity contribution in [3.63, 3.8) is 0 Å². The summed E-state index contributed by atoms with van der Waals surface area (Å²) >= 11 is 1.37. The van der Waals surface area contributed by atoms with Gasteiger partial charge in [-0.1, -0.05) is 6.07 Å². The Bertz CT molecular complexity index is 793. The van der Waals surface area contributed by atoms with Crippen molar-refractivity contribution in [2.45, 2.75) is 25.5 Å². The number of rotatable bonds is 4. The number of aromatic nitrogens is 1. The van der Waals surface area contributed by atoms with Gasteiger partial charge in [0.25, 0.3) is 11.8 Å². The van der Waals surface area contributed by atoms with Crippen molar-refractivity contribution in [2.24, 2.45) is 0 Å². The number of aryl methyl sites for hydroxylation is 1. The molecule has 8 heteroatoms. The number of nitrogens with zero attached hydrogens (tertiary/aromatic N) is 2. The number of hydrogen-bond acceptors (Lipinski definition) is 6. The second kappa shape index (κ2) is 7.84. The van der Waals surface area contributed by atoms with Crippen LogP contribution >= 0.6 is 11.3 Å². The Morgan fingerprint density at radius 3 is 2.88 bits per heavy atom. The zero-order valence-corrected chi connectivity index (χ0v) is 15.5. The first-order valence-corrected chi connectivity index (χ1v) is 9.15. The number of pyridine rings is 1. The molecule has 1 aliphatic rings. The minimum absolute atomic E-state index is 0.159. The smallest absolute Gasteiger partial charge is 0.270 e. The number of methoxy groups -OCH3 is 1. The molecule has 26 heavy (non-hydrogen) atoms. The quantitative estimate of drug-likeness (QED) is 0.844. The van der Waals surface area contributed by atoms with Crippen LogP contribution in [0.25, 0.3) is 0 Å². The minimum atomic E-state index is -0.840. The van der Waals surface area contributed by atoms with Gasteiger partial charge in [0, 0.05) is 24.2 Å². The van der Waals surface area contributed by atoms with E-state index in [1.807, 2.05) is 13.0 Å². The third kappa shape index (κ3) is 3.86. The first-order chi connectivity index (χ1) is 12.5. The molecule has 2 N–H and O–H groups in total. The fourth-order valence-corrected chi connectivity index (χ4v) is 3.91. The molecule has 1 fully saturated rings. The molecule has 138 valence electrons. The zero-order chi connectivity index (χ0) is 18.7. The first-order valence-electron chi connectivity index (χ1n) is 8.33. The number of likely N-dealkylation sites (tertiary alicyclic amines) is 1. The van der Waals surface area contributed by atoms with E-state index in [1.165, 1.54) is 18.4 Å². The van der Waals surface area contributed by atoms with E-state index in [0.29, 0.717) is 29.3 Å². The summed E-state index contributed by atoms with van der Waals surface area (Å²) in [6, 6.07) is 6.49. The highest BCUT2D eigenvalue weighted by Gasteiger charge is 2.33. The summed E-state index contributed by atoms with van der Waals surface area (Å²) < 4.78 is 5.26. The molecule has 3 heterocycles. The molecule has 0 aromatic carbocycles. The van der Waals surface area contributed by atoms with E-state index in [9.17, 15) is 14.7 Å². The third-order valence-electron chi connectivity index (χ3n) is 4.32. The second-order valence-corrected chi connectivity index (χ2v) is 7.41. The molecule has 2 atom stereocenters. The lowest BCUT2D eigenvalue weighted by molar-refractivity contribution is 0.0315. The maximum atomic E-state index is 12.7. The van der Waals surface area contributed by atoms with Gasteiger partial charge in [-0.05, 0) is 31.5 Å². The Morgan fingerprint density at radius 1 is 1.42 bits per heavy atom. The molecule has 2 amide bonds. The van der Waals surface area contributed by atoms with E-state index in [1.54, 1.807) is 29.3 Å². The van der Waals surface area contributed by atoms with Crippen molar-refractivity contribution >= 4 is 23.2 Å². The second-order valence-electron chi connectivity index (χ2n) is 6.16. The number of aliphatic hydroxyl groups excluding tert-OH is 1. The summed E-state index contributed by atoms with van der Waals surface area (Å²) in [6.45, 7) is 2.52. The first kappa shape index (κ1) is 18.3. The van der Waals surface area contributed by atoms with Crippen LogP contribution in [0.1, 0.15) is 31.5 Å². The predicted octanol–water partition coefficient (Wildman–Crippen LogP) is 1.47. The highest BCUT2D eigenvalue weighted by molar-refractivity contribution is 7.14. The van der Waals surface area contributed by atoms with E-state index >= 15 is 0 Å². The van der Waals surface area contributed by atoms with Crippen LogP contribution in [0.5, 0.6) is 5.75 Å². The van der Waals surface area contributed by atoms with Crippen molar-refractivity contribution in [3.05, 3.63) is 45.9 Å². The molecule has 0 unspecified atom stereocenters. The molecule has 2 aromatic heterocycles. The highest BCUT2D eigenvalue weighted by atomic mass is 32.1. The number of aliphatic hydroxyl groups is 1. The monoisotopic (exact) mass is 375 g/mol. The number of ether oxygens (including phenoxy) is 1. The van der Waals surface area contributed by atoms with Gasteiger partial charge in [-0.3, -0.25) is 14.6 Å². The number of nitrogens with one attached hydrogen (secondary N) is 1. The number of amides is 2. The average Bonchev–Trinajstić information content (AvgIpc) is 3.04. The Balaban J connectivity index is 1.63. The lowest BCUT2D eigenvalue weighted by atomic mass is 10.0. The van der Waals surface area contributed by atoms with Gasteiger partial charge in [0.05, 0.1) is 19.3 Å². The largest absolute Gasteiger partial charge is 0.495 e. The van der Waals surface area contributed by atoms with Crippen LogP contribution in [-0.2, 0) is 0 Å². The Hall–Kier alpha value is -2.45. The number of piperidine rings is 1. The van der Waals surface area contributed by atoms with Crippen LogP contribution in [-0.4, -0.2) is 59.1 Å². The van der Waals surface area contributed by atoms with Crippen molar-refractivity contribution in [1.29, 1.82) is 0 Å². The fourth-order valence-electron chi connectivity index (χ4n) is 2.96. The summed E-state index contributed by atoms with van der Waals surface area (Å²) in [5.74, 6) is 0.0658. The van der Waals surface area contributed by atoms with Crippen LogP contribution < -0.4 is 10.1 Å². The van der Waals surface area contributed by atoms with Gasteiger partial charge in [-0.2, -0.15) is 0 Å². The Labute approximate surface area is 155 Å².